The Balaban J connectivity index is 3.77. The number of hydrogen-bond donors (Lipinski definition) is 0. The van der Waals surface area contributed by atoms with Gasteiger partial charge < -0.3 is 0 Å². The summed E-state index contributed by atoms with van der Waals surface area (Å²) in [6, 6.07) is 0. The summed E-state index contributed by atoms with van der Waals surface area (Å²) in [4.78, 5) is 0. The maximum Gasteiger partial charge on any atom is -0.0391 e. The Hall–Kier alpha value is 0. The van der Waals surface area contributed by atoms with E-state index in [9.17, 15) is 0 Å². The first-order valence-corrected chi connectivity index (χ1v) is 9.01. The second-order valence-corrected chi connectivity index (χ2v) is 7.31. The maximum absolute atomic E-state index is 2.49. The summed E-state index contributed by atoms with van der Waals surface area (Å²) in [5.41, 5.74) is 0. The van der Waals surface area contributed by atoms with Gasteiger partial charge >= 0.3 is 0 Å². The molecule has 0 aliphatic heterocycles. The second-order valence-electron chi connectivity index (χ2n) is 7.31. The fourth-order valence-corrected chi connectivity index (χ4v) is 3.49. The molecule has 0 heteroatoms. The molecule has 0 bridgehead atoms. The minimum Gasteiger partial charge on any atom is -0.0654 e. The van der Waals surface area contributed by atoms with Crippen molar-refractivity contribution in [2.75, 3.05) is 0 Å². The van der Waals surface area contributed by atoms with Crippen molar-refractivity contribution >= 4 is 0 Å². The zero-order valence-corrected chi connectivity index (χ0v) is 14.7. The second kappa shape index (κ2) is 11.8. The summed E-state index contributed by atoms with van der Waals surface area (Å²) in [7, 11) is 0. The lowest BCUT2D eigenvalue weighted by Gasteiger charge is -2.23. The monoisotopic (exact) mass is 268 g/mol. The molecule has 0 aromatic carbocycles. The molecule has 0 saturated carbocycles. The average Bonchev–Trinajstić information content (AvgIpc) is 2.33. The van der Waals surface area contributed by atoms with Crippen molar-refractivity contribution in [1.82, 2.24) is 0 Å². The van der Waals surface area contributed by atoms with Crippen LogP contribution in [0.3, 0.4) is 0 Å². The van der Waals surface area contributed by atoms with E-state index in [4.69, 9.17) is 0 Å². The predicted molar refractivity (Wildman–Crippen MR) is 89.6 cm³/mol. The molecule has 0 spiro atoms. The van der Waals surface area contributed by atoms with Crippen molar-refractivity contribution in [3.05, 3.63) is 0 Å². The van der Waals surface area contributed by atoms with E-state index in [-0.39, 0.29) is 0 Å². The van der Waals surface area contributed by atoms with Gasteiger partial charge in [0, 0.05) is 0 Å². The highest BCUT2D eigenvalue weighted by Gasteiger charge is 2.15. The van der Waals surface area contributed by atoms with Crippen LogP contribution in [0.4, 0.5) is 0 Å². The van der Waals surface area contributed by atoms with Gasteiger partial charge in [-0.2, -0.15) is 0 Å². The molecule has 0 aromatic heterocycles. The first kappa shape index (κ1) is 19.0. The van der Waals surface area contributed by atoms with Crippen LogP contribution in [0.1, 0.15) is 99.3 Å². The van der Waals surface area contributed by atoms with Crippen molar-refractivity contribution in [2.24, 2.45) is 23.7 Å². The van der Waals surface area contributed by atoms with Crippen LogP contribution in [0.15, 0.2) is 0 Å². The largest absolute Gasteiger partial charge is 0.0654 e. The lowest BCUT2D eigenvalue weighted by molar-refractivity contribution is 0.283. The number of rotatable bonds is 12. The van der Waals surface area contributed by atoms with Gasteiger partial charge in [-0.15, -0.1) is 0 Å². The Bertz CT molecular complexity index is 182. The summed E-state index contributed by atoms with van der Waals surface area (Å²) in [6.45, 7) is 14.3. The molecule has 3 unspecified atom stereocenters. The van der Waals surface area contributed by atoms with Crippen LogP contribution in [-0.4, -0.2) is 0 Å². The van der Waals surface area contributed by atoms with Crippen molar-refractivity contribution < 1.29 is 0 Å². The normalized spacial score (nSPS) is 16.6. The third kappa shape index (κ3) is 10.4. The highest BCUT2D eigenvalue weighted by molar-refractivity contribution is 4.67. The van der Waals surface area contributed by atoms with Crippen molar-refractivity contribution in [1.29, 1.82) is 0 Å². The molecule has 0 amide bonds. The van der Waals surface area contributed by atoms with E-state index in [1.165, 1.54) is 57.8 Å². The van der Waals surface area contributed by atoms with Gasteiger partial charge in [-0.3, -0.25) is 0 Å². The van der Waals surface area contributed by atoms with Crippen LogP contribution < -0.4 is 0 Å². The van der Waals surface area contributed by atoms with E-state index in [1.807, 2.05) is 0 Å². The topological polar surface area (TPSA) is 0 Å². The van der Waals surface area contributed by atoms with Crippen LogP contribution in [0, 0.1) is 23.7 Å². The molecule has 0 N–H and O–H groups in total. The van der Waals surface area contributed by atoms with Gasteiger partial charge in [-0.25, -0.2) is 0 Å². The third-order valence-corrected chi connectivity index (χ3v) is 4.74. The van der Waals surface area contributed by atoms with Gasteiger partial charge in [0.2, 0.25) is 0 Å². The fraction of sp³-hybridized carbons (Fsp3) is 1.00. The maximum atomic E-state index is 2.49. The molecule has 0 aromatic rings. The van der Waals surface area contributed by atoms with Gasteiger partial charge in [-0.1, -0.05) is 92.9 Å². The van der Waals surface area contributed by atoms with Gasteiger partial charge in [0.25, 0.3) is 0 Å². The predicted octanol–water partition coefficient (Wildman–Crippen LogP) is 7.08. The molecule has 0 saturated heterocycles. The molecule has 0 radical (unpaired) electrons. The summed E-state index contributed by atoms with van der Waals surface area (Å²) in [5.74, 6) is 3.71. The first-order chi connectivity index (χ1) is 9.01. The van der Waals surface area contributed by atoms with Crippen molar-refractivity contribution in [2.45, 2.75) is 99.3 Å². The Morgan fingerprint density at radius 3 is 1.95 bits per heavy atom. The van der Waals surface area contributed by atoms with Crippen LogP contribution in [0.25, 0.3) is 0 Å². The average molecular weight is 269 g/mol. The quantitative estimate of drug-likeness (QED) is 0.332. The van der Waals surface area contributed by atoms with E-state index in [1.54, 1.807) is 0 Å². The summed E-state index contributed by atoms with van der Waals surface area (Å²) >= 11 is 0. The van der Waals surface area contributed by atoms with Gasteiger partial charge in [0.1, 0.15) is 0 Å². The lowest BCUT2D eigenvalue weighted by atomic mass is 9.83. The minimum absolute atomic E-state index is 0.866. The van der Waals surface area contributed by atoms with E-state index in [0.29, 0.717) is 0 Å². The number of hydrogen-bond acceptors (Lipinski definition) is 0. The van der Waals surface area contributed by atoms with Crippen molar-refractivity contribution in [3.8, 4) is 0 Å². The van der Waals surface area contributed by atoms with E-state index in [2.05, 4.69) is 41.5 Å². The zero-order valence-electron chi connectivity index (χ0n) is 14.7. The van der Waals surface area contributed by atoms with E-state index < -0.39 is 0 Å². The molecule has 0 aliphatic carbocycles. The van der Waals surface area contributed by atoms with Crippen LogP contribution >= 0.6 is 0 Å². The molecule has 116 valence electrons. The standard InChI is InChI=1S/C19H40/c1-7-9-10-14-19(8-2)18(6)13-11-12-17(5)15-16(3)4/h16-19H,7-15H2,1-6H3. The lowest BCUT2D eigenvalue weighted by Crippen LogP contribution is -2.11. The smallest absolute Gasteiger partial charge is 0.0391 e. The van der Waals surface area contributed by atoms with Gasteiger partial charge in [-0.05, 0) is 30.1 Å². The van der Waals surface area contributed by atoms with Crippen molar-refractivity contribution in [3.63, 3.8) is 0 Å². The molecular formula is C19H40. The molecule has 0 rings (SSSR count). The zero-order chi connectivity index (χ0) is 14.7. The summed E-state index contributed by atoms with van der Waals surface area (Å²) < 4.78 is 0. The molecular weight excluding hydrogens is 228 g/mol. The Labute approximate surface area is 123 Å². The summed E-state index contributed by atoms with van der Waals surface area (Å²) in [6.07, 6.45) is 12.8. The SMILES string of the molecule is CCCCCC(CC)C(C)CCCC(C)CC(C)C. The Morgan fingerprint density at radius 2 is 1.42 bits per heavy atom. The molecule has 3 atom stereocenters. The highest BCUT2D eigenvalue weighted by Crippen LogP contribution is 2.28. The van der Waals surface area contributed by atoms with Crippen LogP contribution in [0.2, 0.25) is 0 Å². The van der Waals surface area contributed by atoms with Gasteiger partial charge in [0.15, 0.2) is 0 Å². The Kier molecular flexibility index (Phi) is 11.8. The van der Waals surface area contributed by atoms with Gasteiger partial charge in [0.05, 0.1) is 0 Å². The highest BCUT2D eigenvalue weighted by atomic mass is 14.2. The summed E-state index contributed by atoms with van der Waals surface area (Å²) in [5, 5.41) is 0. The van der Waals surface area contributed by atoms with Crippen LogP contribution in [-0.2, 0) is 0 Å². The third-order valence-electron chi connectivity index (χ3n) is 4.74. The molecule has 0 nitrogen and oxygen atoms in total. The minimum atomic E-state index is 0.866. The molecule has 0 fully saturated rings. The number of unbranched alkanes of at least 4 members (excludes halogenated alkanes) is 2. The fourth-order valence-electron chi connectivity index (χ4n) is 3.49. The van der Waals surface area contributed by atoms with Crippen LogP contribution in [0.5, 0.6) is 0 Å². The molecule has 19 heavy (non-hydrogen) atoms. The van der Waals surface area contributed by atoms with E-state index in [0.717, 1.165) is 23.7 Å². The first-order valence-electron chi connectivity index (χ1n) is 9.01. The molecule has 0 heterocycles. The van der Waals surface area contributed by atoms with E-state index >= 15 is 0 Å². The Morgan fingerprint density at radius 1 is 0.737 bits per heavy atom. The molecule has 0 aliphatic rings.